The van der Waals surface area contributed by atoms with E-state index in [9.17, 15) is 8.78 Å². The van der Waals surface area contributed by atoms with Gasteiger partial charge in [-0.3, -0.25) is 0 Å². The molecule has 1 fully saturated rings. The maximum absolute atomic E-state index is 12.0. The molecule has 4 heteroatoms. The van der Waals surface area contributed by atoms with Crippen LogP contribution < -0.4 is 5.73 Å². The van der Waals surface area contributed by atoms with E-state index >= 15 is 0 Å². The van der Waals surface area contributed by atoms with E-state index in [0.29, 0.717) is 6.54 Å². The van der Waals surface area contributed by atoms with Crippen molar-refractivity contribution in [3.05, 3.63) is 0 Å². The van der Waals surface area contributed by atoms with Gasteiger partial charge in [-0.15, -0.1) is 0 Å². The fourth-order valence-electron chi connectivity index (χ4n) is 2.03. The zero-order valence-corrected chi connectivity index (χ0v) is 7.72. The van der Waals surface area contributed by atoms with E-state index in [0.717, 1.165) is 32.1 Å². The van der Waals surface area contributed by atoms with Crippen molar-refractivity contribution in [1.29, 1.82) is 0 Å². The van der Waals surface area contributed by atoms with Crippen molar-refractivity contribution in [3.8, 4) is 0 Å². The molecule has 1 saturated carbocycles. The molecule has 1 rings (SSSR count). The summed E-state index contributed by atoms with van der Waals surface area (Å²) in [6, 6.07) is 0. The molecule has 13 heavy (non-hydrogen) atoms. The molecule has 1 aliphatic carbocycles. The first-order valence-corrected chi connectivity index (χ1v) is 4.87. The van der Waals surface area contributed by atoms with E-state index in [-0.39, 0.29) is 12.0 Å². The molecule has 0 bridgehead atoms. The maximum Gasteiger partial charge on any atom is 0.345 e. The molecule has 0 radical (unpaired) electrons. The van der Waals surface area contributed by atoms with Crippen molar-refractivity contribution in [2.24, 2.45) is 11.7 Å². The maximum atomic E-state index is 12.0. The second-order valence-corrected chi connectivity index (χ2v) is 3.56. The normalized spacial score (nSPS) is 29.5. The van der Waals surface area contributed by atoms with Crippen LogP contribution in [-0.4, -0.2) is 19.3 Å². The molecule has 1 aliphatic rings. The Morgan fingerprint density at radius 2 is 2.00 bits per heavy atom. The molecule has 2 atom stereocenters. The summed E-state index contributed by atoms with van der Waals surface area (Å²) in [5.74, 6) is 0.243. The number of hydrogen-bond acceptors (Lipinski definition) is 2. The van der Waals surface area contributed by atoms with Crippen LogP contribution in [0.15, 0.2) is 0 Å². The highest BCUT2D eigenvalue weighted by molar-refractivity contribution is 4.76. The summed E-state index contributed by atoms with van der Waals surface area (Å²) in [4.78, 5) is 0. The van der Waals surface area contributed by atoms with Crippen LogP contribution in [0.3, 0.4) is 0 Å². The van der Waals surface area contributed by atoms with Crippen molar-refractivity contribution in [3.63, 3.8) is 0 Å². The molecule has 0 aliphatic heterocycles. The van der Waals surface area contributed by atoms with Gasteiger partial charge in [0.25, 0.3) is 0 Å². The van der Waals surface area contributed by atoms with Crippen molar-refractivity contribution in [2.75, 3.05) is 6.54 Å². The van der Waals surface area contributed by atoms with Crippen molar-refractivity contribution in [1.82, 2.24) is 0 Å². The highest BCUT2D eigenvalue weighted by Crippen LogP contribution is 2.30. The van der Waals surface area contributed by atoms with Gasteiger partial charge >= 0.3 is 6.61 Å². The lowest BCUT2D eigenvalue weighted by molar-refractivity contribution is -0.183. The quantitative estimate of drug-likeness (QED) is 0.742. The highest BCUT2D eigenvalue weighted by Gasteiger charge is 2.27. The second kappa shape index (κ2) is 5.50. The van der Waals surface area contributed by atoms with E-state index in [1.807, 2.05) is 0 Å². The predicted octanol–water partition coefficient (Wildman–Crippen LogP) is 2.13. The third-order valence-corrected chi connectivity index (χ3v) is 2.65. The summed E-state index contributed by atoms with van der Waals surface area (Å²) in [5.41, 5.74) is 5.41. The Kier molecular flexibility index (Phi) is 4.59. The van der Waals surface area contributed by atoms with E-state index in [4.69, 9.17) is 5.73 Å². The Morgan fingerprint density at radius 3 is 2.62 bits per heavy atom. The number of nitrogens with two attached hydrogens (primary N) is 1. The van der Waals surface area contributed by atoms with Crippen molar-refractivity contribution >= 4 is 0 Å². The molecular formula is C9H17F2NO. The van der Waals surface area contributed by atoms with Gasteiger partial charge in [0.2, 0.25) is 0 Å². The Labute approximate surface area is 77.4 Å². The summed E-state index contributed by atoms with van der Waals surface area (Å²) < 4.78 is 28.5. The van der Waals surface area contributed by atoms with Crippen LogP contribution in [-0.2, 0) is 4.74 Å². The molecule has 0 spiro atoms. The fraction of sp³-hybridized carbons (Fsp3) is 1.00. The summed E-state index contributed by atoms with van der Waals surface area (Å²) in [6.07, 6.45) is 4.39. The average Bonchev–Trinajstić information content (AvgIpc) is 2.08. The number of alkyl halides is 2. The monoisotopic (exact) mass is 193 g/mol. The lowest BCUT2D eigenvalue weighted by atomic mass is 9.84. The molecular weight excluding hydrogens is 176 g/mol. The summed E-state index contributed by atoms with van der Waals surface area (Å²) >= 11 is 0. The minimum atomic E-state index is -2.64. The van der Waals surface area contributed by atoms with Gasteiger partial charge in [-0.05, 0) is 31.7 Å². The summed E-state index contributed by atoms with van der Waals surface area (Å²) in [6.45, 7) is -2.07. The van der Waals surface area contributed by atoms with Crippen LogP contribution in [0.4, 0.5) is 8.78 Å². The Balaban J connectivity index is 2.36. The first-order valence-electron chi connectivity index (χ1n) is 4.87. The van der Waals surface area contributed by atoms with Gasteiger partial charge in [0, 0.05) is 0 Å². The van der Waals surface area contributed by atoms with Gasteiger partial charge in [0.05, 0.1) is 6.10 Å². The minimum Gasteiger partial charge on any atom is -0.330 e. The van der Waals surface area contributed by atoms with E-state index in [1.54, 1.807) is 0 Å². The summed E-state index contributed by atoms with van der Waals surface area (Å²) in [5, 5.41) is 0. The Hall–Kier alpha value is -0.220. The number of rotatable bonds is 4. The van der Waals surface area contributed by atoms with E-state index in [2.05, 4.69) is 4.74 Å². The summed E-state index contributed by atoms with van der Waals surface area (Å²) in [7, 11) is 0. The van der Waals surface area contributed by atoms with Crippen LogP contribution in [0.1, 0.15) is 32.1 Å². The molecule has 2 nitrogen and oxygen atoms in total. The number of halogens is 2. The molecule has 0 aromatic carbocycles. The number of hydrogen-bond donors (Lipinski definition) is 1. The average molecular weight is 193 g/mol. The zero-order valence-electron chi connectivity index (χ0n) is 7.72. The molecule has 2 N–H and O–H groups in total. The molecule has 78 valence electrons. The van der Waals surface area contributed by atoms with Gasteiger partial charge in [-0.1, -0.05) is 12.8 Å². The van der Waals surface area contributed by atoms with Crippen molar-refractivity contribution < 1.29 is 13.5 Å². The van der Waals surface area contributed by atoms with Gasteiger partial charge in [0.1, 0.15) is 0 Å². The van der Waals surface area contributed by atoms with Crippen LogP contribution >= 0.6 is 0 Å². The topological polar surface area (TPSA) is 35.2 Å². The Bertz CT molecular complexity index is 142. The van der Waals surface area contributed by atoms with Crippen LogP contribution in [0, 0.1) is 5.92 Å². The van der Waals surface area contributed by atoms with Gasteiger partial charge in [-0.2, -0.15) is 8.78 Å². The fourth-order valence-corrected chi connectivity index (χ4v) is 2.03. The molecule has 0 saturated heterocycles. The first kappa shape index (κ1) is 10.9. The predicted molar refractivity (Wildman–Crippen MR) is 46.5 cm³/mol. The van der Waals surface area contributed by atoms with E-state index < -0.39 is 6.61 Å². The second-order valence-electron chi connectivity index (χ2n) is 3.56. The van der Waals surface area contributed by atoms with Crippen LogP contribution in [0.2, 0.25) is 0 Å². The number of ether oxygens (including phenoxy) is 1. The van der Waals surface area contributed by atoms with Crippen LogP contribution in [0.5, 0.6) is 0 Å². The molecule has 0 aromatic rings. The zero-order chi connectivity index (χ0) is 9.68. The highest BCUT2D eigenvalue weighted by atomic mass is 19.3. The van der Waals surface area contributed by atoms with Crippen LogP contribution in [0.25, 0.3) is 0 Å². The van der Waals surface area contributed by atoms with Gasteiger partial charge in [0.15, 0.2) is 0 Å². The van der Waals surface area contributed by atoms with Crippen molar-refractivity contribution in [2.45, 2.75) is 44.8 Å². The lowest BCUT2D eigenvalue weighted by Gasteiger charge is -2.30. The minimum absolute atomic E-state index is 0.243. The van der Waals surface area contributed by atoms with Gasteiger partial charge < -0.3 is 10.5 Å². The standard InChI is InChI=1S/C9H17F2NO/c10-9(11)13-8-4-2-1-3-7(8)5-6-12/h7-9H,1-6,12H2. The molecule has 0 heterocycles. The smallest absolute Gasteiger partial charge is 0.330 e. The molecule has 0 amide bonds. The third kappa shape index (κ3) is 3.56. The van der Waals surface area contributed by atoms with Gasteiger partial charge in [-0.25, -0.2) is 0 Å². The first-order chi connectivity index (χ1) is 6.24. The third-order valence-electron chi connectivity index (χ3n) is 2.65. The van der Waals surface area contributed by atoms with E-state index in [1.165, 1.54) is 0 Å². The molecule has 0 aromatic heterocycles. The SMILES string of the molecule is NCCC1CCCCC1OC(F)F. The Morgan fingerprint density at radius 1 is 1.31 bits per heavy atom. The molecule has 2 unspecified atom stereocenters. The lowest BCUT2D eigenvalue weighted by Crippen LogP contribution is -2.31. The largest absolute Gasteiger partial charge is 0.345 e.